The van der Waals surface area contributed by atoms with Crippen molar-refractivity contribution in [3.63, 3.8) is 0 Å². The van der Waals surface area contributed by atoms with E-state index in [9.17, 15) is 9.59 Å². The fourth-order valence-corrected chi connectivity index (χ4v) is 3.70. The summed E-state index contributed by atoms with van der Waals surface area (Å²) in [5.74, 6) is 0.232. The van der Waals surface area contributed by atoms with Gasteiger partial charge in [0.05, 0.1) is 18.8 Å². The molecule has 2 heterocycles. The van der Waals surface area contributed by atoms with E-state index in [1.54, 1.807) is 12.0 Å². The van der Waals surface area contributed by atoms with Crippen molar-refractivity contribution in [2.45, 2.75) is 32.2 Å². The molecule has 8 heteroatoms. The molecule has 0 unspecified atom stereocenters. The number of ether oxygens (including phenoxy) is 1. The summed E-state index contributed by atoms with van der Waals surface area (Å²) >= 11 is 1.48. The zero-order chi connectivity index (χ0) is 16.2. The molecule has 0 atom stereocenters. The highest BCUT2D eigenvalue weighted by Crippen LogP contribution is 2.31. The number of carbonyl (C=O) groups excluding carboxylic acids is 2. The third kappa shape index (κ3) is 3.81. The average Bonchev–Trinajstić information content (AvgIpc) is 2.86. The molecule has 0 saturated heterocycles. The van der Waals surface area contributed by atoms with Crippen molar-refractivity contribution in [1.29, 1.82) is 0 Å². The van der Waals surface area contributed by atoms with Gasteiger partial charge in [0.25, 0.3) is 0 Å². The van der Waals surface area contributed by atoms with Crippen LogP contribution in [0.4, 0.5) is 9.93 Å². The molecule has 1 aromatic heterocycles. The van der Waals surface area contributed by atoms with Crippen molar-refractivity contribution >= 4 is 28.4 Å². The molecule has 3 rings (SSSR count). The zero-order valence-electron chi connectivity index (χ0n) is 13.3. The molecule has 7 nitrogen and oxygen atoms in total. The summed E-state index contributed by atoms with van der Waals surface area (Å²) in [5, 5.41) is 6.41. The number of thiazole rings is 1. The van der Waals surface area contributed by atoms with Gasteiger partial charge in [-0.15, -0.1) is 0 Å². The Kier molecular flexibility index (Phi) is 5.12. The highest BCUT2D eigenvalue weighted by atomic mass is 32.1. The van der Waals surface area contributed by atoms with Crippen LogP contribution in [0.3, 0.4) is 0 Å². The van der Waals surface area contributed by atoms with E-state index in [1.165, 1.54) is 11.3 Å². The number of carbonyl (C=O) groups is 2. The van der Waals surface area contributed by atoms with Crippen LogP contribution in [0.1, 0.15) is 29.8 Å². The number of rotatable bonds is 5. The molecule has 0 radical (unpaired) electrons. The Morgan fingerprint density at radius 3 is 2.96 bits per heavy atom. The quantitative estimate of drug-likeness (QED) is 0.799. The summed E-state index contributed by atoms with van der Waals surface area (Å²) in [4.78, 5) is 31.4. The van der Waals surface area contributed by atoms with Crippen LogP contribution in [0.5, 0.6) is 0 Å². The van der Waals surface area contributed by atoms with Crippen LogP contribution >= 0.6 is 11.3 Å². The fourth-order valence-electron chi connectivity index (χ4n) is 2.67. The van der Waals surface area contributed by atoms with Crippen LogP contribution in [0, 0.1) is 5.92 Å². The van der Waals surface area contributed by atoms with Crippen LogP contribution in [0.25, 0.3) is 0 Å². The molecule has 2 N–H and O–H groups in total. The highest BCUT2D eigenvalue weighted by molar-refractivity contribution is 7.15. The first-order chi connectivity index (χ1) is 11.2. The maximum Gasteiger partial charge on any atom is 0.317 e. The van der Waals surface area contributed by atoms with Gasteiger partial charge in [0.2, 0.25) is 5.91 Å². The lowest BCUT2D eigenvalue weighted by molar-refractivity contribution is -0.122. The molecule has 0 bridgehead atoms. The molecular formula is C15H22N4O3S. The molecule has 3 amide bonds. The molecular weight excluding hydrogens is 316 g/mol. The van der Waals surface area contributed by atoms with Gasteiger partial charge in [-0.05, 0) is 12.8 Å². The summed E-state index contributed by atoms with van der Waals surface area (Å²) in [7, 11) is 1.61. The predicted molar refractivity (Wildman–Crippen MR) is 87.5 cm³/mol. The first kappa shape index (κ1) is 16.2. The molecule has 0 spiro atoms. The smallest absolute Gasteiger partial charge is 0.317 e. The van der Waals surface area contributed by atoms with Crippen molar-refractivity contribution in [2.24, 2.45) is 5.92 Å². The summed E-state index contributed by atoms with van der Waals surface area (Å²) in [6.07, 6.45) is 3.82. The maximum absolute atomic E-state index is 12.1. The lowest BCUT2D eigenvalue weighted by atomic mass is 9.85. The van der Waals surface area contributed by atoms with Crippen LogP contribution in [0.2, 0.25) is 0 Å². The van der Waals surface area contributed by atoms with Gasteiger partial charge < -0.3 is 20.3 Å². The third-order valence-corrected chi connectivity index (χ3v) is 5.30. The molecule has 2 aliphatic rings. The van der Waals surface area contributed by atoms with Crippen molar-refractivity contribution in [3.05, 3.63) is 10.6 Å². The molecule has 1 aliphatic heterocycles. The highest BCUT2D eigenvalue weighted by Gasteiger charge is 2.28. The number of hydrogen-bond donors (Lipinski definition) is 2. The fraction of sp³-hybridized carbons (Fsp3) is 0.667. The van der Waals surface area contributed by atoms with Crippen LogP contribution in [-0.4, -0.2) is 48.6 Å². The van der Waals surface area contributed by atoms with Gasteiger partial charge in [-0.3, -0.25) is 4.79 Å². The lowest BCUT2D eigenvalue weighted by Crippen LogP contribution is -2.43. The van der Waals surface area contributed by atoms with Gasteiger partial charge in [-0.1, -0.05) is 17.8 Å². The number of amides is 3. The Hall–Kier alpha value is -1.67. The Morgan fingerprint density at radius 2 is 2.26 bits per heavy atom. The average molecular weight is 338 g/mol. The topological polar surface area (TPSA) is 83.6 Å². The van der Waals surface area contributed by atoms with Gasteiger partial charge in [0.1, 0.15) is 0 Å². The minimum absolute atomic E-state index is 0.0801. The monoisotopic (exact) mass is 338 g/mol. The van der Waals surface area contributed by atoms with Crippen molar-refractivity contribution in [1.82, 2.24) is 15.2 Å². The molecule has 1 aromatic rings. The Balaban J connectivity index is 1.56. The maximum atomic E-state index is 12.1. The van der Waals surface area contributed by atoms with E-state index in [2.05, 4.69) is 15.6 Å². The standard InChI is InChI=1S/C15H22N4O3S/c1-22-8-6-16-15(21)19-7-5-11-12(9-19)23-14(17-11)18-13(20)10-3-2-4-10/h10H,2-9H2,1H3,(H,16,21)(H,17,18,20). The van der Waals surface area contributed by atoms with Crippen LogP contribution < -0.4 is 10.6 Å². The largest absolute Gasteiger partial charge is 0.383 e. The van der Waals surface area contributed by atoms with Gasteiger partial charge in [-0.2, -0.15) is 0 Å². The molecule has 1 aliphatic carbocycles. The normalized spacial score (nSPS) is 17.3. The first-order valence-electron chi connectivity index (χ1n) is 7.98. The van der Waals surface area contributed by atoms with E-state index in [0.29, 0.717) is 31.4 Å². The minimum Gasteiger partial charge on any atom is -0.383 e. The third-order valence-electron chi connectivity index (χ3n) is 4.31. The number of hydrogen-bond acceptors (Lipinski definition) is 5. The molecule has 0 aromatic carbocycles. The van der Waals surface area contributed by atoms with Gasteiger partial charge in [-0.25, -0.2) is 9.78 Å². The molecule has 1 saturated carbocycles. The van der Waals surface area contributed by atoms with E-state index < -0.39 is 0 Å². The van der Waals surface area contributed by atoms with Crippen LogP contribution in [-0.2, 0) is 22.5 Å². The Labute approximate surface area is 139 Å². The predicted octanol–water partition coefficient (Wildman–Crippen LogP) is 1.60. The SMILES string of the molecule is COCCNC(=O)N1CCc2nc(NC(=O)C3CCC3)sc2C1. The molecule has 126 valence electrons. The summed E-state index contributed by atoms with van der Waals surface area (Å²) < 4.78 is 4.93. The van der Waals surface area contributed by atoms with Crippen molar-refractivity contribution in [2.75, 3.05) is 32.1 Å². The number of anilines is 1. The number of aromatic nitrogens is 1. The van der Waals surface area contributed by atoms with Gasteiger partial charge in [0.15, 0.2) is 5.13 Å². The minimum atomic E-state index is -0.0823. The van der Waals surface area contributed by atoms with Gasteiger partial charge >= 0.3 is 6.03 Å². The second-order valence-electron chi connectivity index (χ2n) is 5.90. The second-order valence-corrected chi connectivity index (χ2v) is 6.99. The van der Waals surface area contributed by atoms with E-state index in [1.807, 2.05) is 0 Å². The Bertz CT molecular complexity index is 585. The summed E-state index contributed by atoms with van der Waals surface area (Å²) in [5.41, 5.74) is 1.000. The number of methoxy groups -OCH3 is 1. The lowest BCUT2D eigenvalue weighted by Gasteiger charge is -2.26. The first-order valence-corrected chi connectivity index (χ1v) is 8.80. The molecule has 23 heavy (non-hydrogen) atoms. The Morgan fingerprint density at radius 1 is 1.43 bits per heavy atom. The van der Waals surface area contributed by atoms with E-state index in [-0.39, 0.29) is 17.9 Å². The van der Waals surface area contributed by atoms with E-state index >= 15 is 0 Å². The summed E-state index contributed by atoms with van der Waals surface area (Å²) in [6, 6.07) is -0.0823. The number of nitrogens with one attached hydrogen (secondary N) is 2. The zero-order valence-corrected chi connectivity index (χ0v) is 14.1. The van der Waals surface area contributed by atoms with Crippen molar-refractivity contribution < 1.29 is 14.3 Å². The van der Waals surface area contributed by atoms with Crippen LogP contribution in [0.15, 0.2) is 0 Å². The molecule has 1 fully saturated rings. The number of fused-ring (bicyclic) bond motifs is 1. The summed E-state index contributed by atoms with van der Waals surface area (Å²) in [6.45, 7) is 2.20. The second kappa shape index (κ2) is 7.27. The van der Waals surface area contributed by atoms with Gasteiger partial charge in [0, 0.05) is 37.4 Å². The van der Waals surface area contributed by atoms with Crippen molar-refractivity contribution in [3.8, 4) is 0 Å². The van der Waals surface area contributed by atoms with E-state index in [0.717, 1.165) is 36.3 Å². The number of nitrogens with zero attached hydrogens (tertiary/aromatic N) is 2. The number of urea groups is 1. The van der Waals surface area contributed by atoms with E-state index in [4.69, 9.17) is 4.74 Å².